The zero-order chi connectivity index (χ0) is 16.9. The van der Waals surface area contributed by atoms with Gasteiger partial charge in [-0.3, -0.25) is 4.79 Å². The third-order valence-electron chi connectivity index (χ3n) is 3.26. The topological polar surface area (TPSA) is 66.9 Å². The van der Waals surface area contributed by atoms with Gasteiger partial charge in [0.2, 0.25) is 0 Å². The average molecular weight is 383 g/mol. The van der Waals surface area contributed by atoms with E-state index in [1.165, 1.54) is 12.4 Å². The molecule has 0 atom stereocenters. The number of hydrogen-bond donors (Lipinski definition) is 2. The van der Waals surface area contributed by atoms with Crippen LogP contribution in [0.25, 0.3) is 0 Å². The van der Waals surface area contributed by atoms with Crippen molar-refractivity contribution in [1.29, 1.82) is 0 Å². The highest BCUT2D eigenvalue weighted by atomic mass is 79.9. The highest BCUT2D eigenvalue weighted by Gasteiger charge is 2.09. The summed E-state index contributed by atoms with van der Waals surface area (Å²) in [5.74, 6) is 0.280. The van der Waals surface area contributed by atoms with Gasteiger partial charge in [-0.2, -0.15) is 0 Å². The lowest BCUT2D eigenvalue weighted by atomic mass is 10.2. The van der Waals surface area contributed by atoms with Gasteiger partial charge in [0.15, 0.2) is 0 Å². The fraction of sp³-hybridized carbons (Fsp3) is 0.0556. The van der Waals surface area contributed by atoms with Gasteiger partial charge in [0, 0.05) is 15.8 Å². The van der Waals surface area contributed by atoms with E-state index in [-0.39, 0.29) is 11.6 Å². The second kappa shape index (κ2) is 7.23. The summed E-state index contributed by atoms with van der Waals surface area (Å²) in [4.78, 5) is 20.6. The molecule has 3 rings (SSSR count). The lowest BCUT2D eigenvalue weighted by molar-refractivity contribution is 0.102. The molecule has 0 unspecified atom stereocenters. The summed E-state index contributed by atoms with van der Waals surface area (Å²) < 4.78 is 0.893. The number of halogens is 1. The normalized spacial score (nSPS) is 10.2. The minimum absolute atomic E-state index is 0.254. The largest absolute Gasteiger partial charge is 0.339 e. The second-order valence-corrected chi connectivity index (χ2v) is 6.16. The molecule has 0 saturated carbocycles. The Bertz CT molecular complexity index is 865. The molecule has 2 N–H and O–H groups in total. The summed E-state index contributed by atoms with van der Waals surface area (Å²) in [6, 6.07) is 15.3. The number of rotatable bonds is 4. The van der Waals surface area contributed by atoms with E-state index in [0.29, 0.717) is 11.5 Å². The van der Waals surface area contributed by atoms with Crippen LogP contribution in [0.1, 0.15) is 16.1 Å². The molecule has 1 amide bonds. The highest BCUT2D eigenvalue weighted by Crippen LogP contribution is 2.17. The fourth-order valence-corrected chi connectivity index (χ4v) is 2.54. The predicted octanol–water partition coefficient (Wildman–Crippen LogP) is 4.54. The van der Waals surface area contributed by atoms with E-state index in [9.17, 15) is 4.79 Å². The van der Waals surface area contributed by atoms with Crippen LogP contribution < -0.4 is 10.6 Å². The van der Waals surface area contributed by atoms with Crippen molar-refractivity contribution >= 4 is 39.0 Å². The smallest absolute Gasteiger partial charge is 0.275 e. The van der Waals surface area contributed by atoms with E-state index in [4.69, 9.17) is 0 Å². The molecule has 0 saturated heterocycles. The molecule has 24 heavy (non-hydrogen) atoms. The van der Waals surface area contributed by atoms with Crippen molar-refractivity contribution in [2.75, 3.05) is 10.6 Å². The zero-order valence-corrected chi connectivity index (χ0v) is 14.5. The van der Waals surface area contributed by atoms with Crippen LogP contribution in [-0.2, 0) is 0 Å². The number of nitrogens with one attached hydrogen (secondary N) is 2. The van der Waals surface area contributed by atoms with Gasteiger partial charge in [-0.05, 0) is 42.8 Å². The molecule has 1 aromatic heterocycles. The number of aryl methyl sites for hydroxylation is 1. The molecule has 6 heteroatoms. The summed E-state index contributed by atoms with van der Waals surface area (Å²) in [6.07, 6.45) is 2.99. The monoisotopic (exact) mass is 382 g/mol. The Labute approximate surface area is 148 Å². The Balaban J connectivity index is 1.68. The van der Waals surface area contributed by atoms with Gasteiger partial charge in [0.25, 0.3) is 5.91 Å². The number of aromatic nitrogens is 2. The van der Waals surface area contributed by atoms with Crippen LogP contribution in [0.4, 0.5) is 17.2 Å². The molecule has 120 valence electrons. The average Bonchev–Trinajstić information content (AvgIpc) is 2.55. The molecular formula is C18H15BrN4O. The first-order valence-electron chi connectivity index (χ1n) is 7.33. The summed E-state index contributed by atoms with van der Waals surface area (Å²) in [5.41, 5.74) is 3.02. The molecule has 2 aromatic carbocycles. The maximum atomic E-state index is 12.2. The number of hydrogen-bond acceptors (Lipinski definition) is 4. The Morgan fingerprint density at radius 2 is 1.79 bits per heavy atom. The van der Waals surface area contributed by atoms with Crippen molar-refractivity contribution in [2.24, 2.45) is 0 Å². The van der Waals surface area contributed by atoms with Crippen LogP contribution in [0.15, 0.2) is 65.4 Å². The summed E-state index contributed by atoms with van der Waals surface area (Å²) in [7, 11) is 0. The van der Waals surface area contributed by atoms with Gasteiger partial charge in [0.05, 0.1) is 12.4 Å². The molecule has 0 aliphatic carbocycles. The van der Waals surface area contributed by atoms with E-state index in [2.05, 4.69) is 36.5 Å². The van der Waals surface area contributed by atoms with Gasteiger partial charge >= 0.3 is 0 Å². The number of amides is 1. The van der Waals surface area contributed by atoms with Gasteiger partial charge in [-0.1, -0.05) is 34.1 Å². The Hall–Kier alpha value is -2.73. The fourth-order valence-electron chi connectivity index (χ4n) is 2.14. The van der Waals surface area contributed by atoms with Crippen LogP contribution in [-0.4, -0.2) is 15.9 Å². The molecule has 1 heterocycles. The molecule has 0 bridgehead atoms. The Morgan fingerprint density at radius 3 is 2.50 bits per heavy atom. The Morgan fingerprint density at radius 1 is 1.00 bits per heavy atom. The van der Waals surface area contributed by atoms with Gasteiger partial charge in [0.1, 0.15) is 11.5 Å². The number of carbonyl (C=O) groups is 1. The maximum Gasteiger partial charge on any atom is 0.275 e. The minimum atomic E-state index is -0.303. The molecule has 0 spiro atoms. The Kier molecular flexibility index (Phi) is 4.86. The van der Waals surface area contributed by atoms with Gasteiger partial charge < -0.3 is 10.6 Å². The number of nitrogens with zero attached hydrogens (tertiary/aromatic N) is 2. The number of benzene rings is 2. The van der Waals surface area contributed by atoms with E-state index < -0.39 is 0 Å². The molecule has 0 aliphatic heterocycles. The summed E-state index contributed by atoms with van der Waals surface area (Å²) >= 11 is 3.37. The van der Waals surface area contributed by atoms with Gasteiger partial charge in [-0.25, -0.2) is 9.97 Å². The molecule has 0 aliphatic rings. The van der Waals surface area contributed by atoms with E-state index >= 15 is 0 Å². The first-order valence-corrected chi connectivity index (χ1v) is 8.12. The lowest BCUT2D eigenvalue weighted by Crippen LogP contribution is -2.14. The van der Waals surface area contributed by atoms with Gasteiger partial charge in [-0.15, -0.1) is 0 Å². The van der Waals surface area contributed by atoms with Crippen molar-refractivity contribution in [3.8, 4) is 0 Å². The number of carbonyl (C=O) groups excluding carboxylic acids is 1. The van der Waals surface area contributed by atoms with Crippen LogP contribution >= 0.6 is 15.9 Å². The second-order valence-electron chi connectivity index (χ2n) is 5.25. The summed E-state index contributed by atoms with van der Waals surface area (Å²) in [6.45, 7) is 2.02. The van der Waals surface area contributed by atoms with E-state index in [1.807, 2.05) is 55.5 Å². The van der Waals surface area contributed by atoms with E-state index in [1.54, 1.807) is 0 Å². The molecule has 5 nitrogen and oxygen atoms in total. The molecule has 3 aromatic rings. The minimum Gasteiger partial charge on any atom is -0.339 e. The molecular weight excluding hydrogens is 368 g/mol. The van der Waals surface area contributed by atoms with Crippen molar-refractivity contribution in [3.63, 3.8) is 0 Å². The quantitative estimate of drug-likeness (QED) is 0.694. The van der Waals surface area contributed by atoms with Crippen LogP contribution in [0.5, 0.6) is 0 Å². The first-order chi connectivity index (χ1) is 11.6. The zero-order valence-electron chi connectivity index (χ0n) is 13.0. The highest BCUT2D eigenvalue weighted by molar-refractivity contribution is 9.10. The van der Waals surface area contributed by atoms with Crippen molar-refractivity contribution in [2.45, 2.75) is 6.92 Å². The van der Waals surface area contributed by atoms with Crippen molar-refractivity contribution < 1.29 is 4.79 Å². The van der Waals surface area contributed by atoms with Crippen LogP contribution in [0, 0.1) is 6.92 Å². The standard InChI is InChI=1S/C18H15BrN4O/c1-12-4-2-6-14(8-12)22-17-11-20-16(10-21-17)18(24)23-15-7-3-5-13(19)9-15/h2-11H,1H3,(H,21,22)(H,23,24). The molecule has 0 fully saturated rings. The summed E-state index contributed by atoms with van der Waals surface area (Å²) in [5, 5.41) is 5.94. The van der Waals surface area contributed by atoms with Crippen LogP contribution in [0.3, 0.4) is 0 Å². The predicted molar refractivity (Wildman–Crippen MR) is 98.6 cm³/mol. The SMILES string of the molecule is Cc1cccc(Nc2cnc(C(=O)Nc3cccc(Br)c3)cn2)c1. The van der Waals surface area contributed by atoms with Crippen molar-refractivity contribution in [3.05, 3.63) is 76.7 Å². The van der Waals surface area contributed by atoms with E-state index in [0.717, 1.165) is 15.7 Å². The number of anilines is 3. The third kappa shape index (κ3) is 4.17. The first kappa shape index (κ1) is 16.1. The molecule has 0 radical (unpaired) electrons. The maximum absolute atomic E-state index is 12.2. The van der Waals surface area contributed by atoms with Crippen molar-refractivity contribution in [1.82, 2.24) is 9.97 Å². The lowest BCUT2D eigenvalue weighted by Gasteiger charge is -2.07. The third-order valence-corrected chi connectivity index (χ3v) is 3.75. The van der Waals surface area contributed by atoms with Crippen LogP contribution in [0.2, 0.25) is 0 Å².